The van der Waals surface area contributed by atoms with Crippen LogP contribution in [0.1, 0.15) is 10.4 Å². The molecule has 0 aliphatic heterocycles. The van der Waals surface area contributed by atoms with Crippen LogP contribution in [0.25, 0.3) is 0 Å². The van der Waals surface area contributed by atoms with E-state index < -0.39 is 8.80 Å². The molecule has 2 nitrogen and oxygen atoms in total. The Morgan fingerprint density at radius 3 is 2.15 bits per heavy atom. The third kappa shape index (κ3) is 2.42. The Labute approximate surface area is 80.1 Å². The van der Waals surface area contributed by atoms with Crippen LogP contribution < -0.4 is 5.19 Å². The van der Waals surface area contributed by atoms with Gasteiger partial charge >= 0.3 is 5.97 Å². The first-order valence-corrected chi connectivity index (χ1v) is 6.64. The summed E-state index contributed by atoms with van der Waals surface area (Å²) in [5.41, 5.74) is 0.620. The van der Waals surface area contributed by atoms with E-state index >= 15 is 0 Å². The predicted molar refractivity (Wildman–Crippen MR) is 54.9 cm³/mol. The van der Waals surface area contributed by atoms with Gasteiger partial charge in [-0.05, 0) is 12.1 Å². The summed E-state index contributed by atoms with van der Waals surface area (Å²) in [5, 5.41) is 1.33. The van der Waals surface area contributed by atoms with Gasteiger partial charge in [0.05, 0.1) is 21.5 Å². The van der Waals surface area contributed by atoms with E-state index in [4.69, 9.17) is 0 Å². The molecule has 1 rings (SSSR count). The van der Waals surface area contributed by atoms with Crippen molar-refractivity contribution in [1.29, 1.82) is 0 Å². The minimum Gasteiger partial charge on any atom is -0.465 e. The van der Waals surface area contributed by atoms with Crippen molar-refractivity contribution in [2.45, 2.75) is 13.1 Å². The monoisotopic (exact) mass is 193 g/mol. The maximum Gasteiger partial charge on any atom is 0.337 e. The molecular formula is C10H13O2Si. The van der Waals surface area contributed by atoms with Crippen molar-refractivity contribution in [3.8, 4) is 0 Å². The van der Waals surface area contributed by atoms with Crippen LogP contribution in [0.4, 0.5) is 0 Å². The van der Waals surface area contributed by atoms with Gasteiger partial charge in [-0.15, -0.1) is 0 Å². The normalized spacial score (nSPS) is 10.2. The molecule has 0 spiro atoms. The van der Waals surface area contributed by atoms with Crippen LogP contribution in [0.2, 0.25) is 13.1 Å². The third-order valence-corrected chi connectivity index (χ3v) is 3.37. The van der Waals surface area contributed by atoms with Crippen LogP contribution in [-0.2, 0) is 4.74 Å². The van der Waals surface area contributed by atoms with Crippen molar-refractivity contribution in [2.75, 3.05) is 7.11 Å². The highest BCUT2D eigenvalue weighted by Gasteiger charge is 2.05. The van der Waals surface area contributed by atoms with Crippen LogP contribution in [0.3, 0.4) is 0 Å². The summed E-state index contributed by atoms with van der Waals surface area (Å²) in [6.45, 7) is 4.44. The molecule has 0 amide bonds. The molecule has 0 atom stereocenters. The number of methoxy groups -OCH3 is 1. The van der Waals surface area contributed by atoms with Crippen molar-refractivity contribution < 1.29 is 9.53 Å². The Bertz CT molecular complexity index is 290. The molecule has 0 aliphatic rings. The molecular weight excluding hydrogens is 180 g/mol. The minimum atomic E-state index is -0.413. The van der Waals surface area contributed by atoms with Gasteiger partial charge in [-0.25, -0.2) is 4.79 Å². The van der Waals surface area contributed by atoms with Gasteiger partial charge in [-0.3, -0.25) is 0 Å². The lowest BCUT2D eigenvalue weighted by atomic mass is 10.2. The zero-order chi connectivity index (χ0) is 9.84. The van der Waals surface area contributed by atoms with E-state index in [0.717, 1.165) is 0 Å². The number of esters is 1. The van der Waals surface area contributed by atoms with Crippen LogP contribution in [0.15, 0.2) is 24.3 Å². The summed E-state index contributed by atoms with van der Waals surface area (Å²) in [7, 11) is 0.981. The summed E-state index contributed by atoms with van der Waals surface area (Å²) in [5.74, 6) is -0.271. The molecule has 1 radical (unpaired) electrons. The number of benzene rings is 1. The number of carbonyl (C=O) groups is 1. The summed E-state index contributed by atoms with van der Waals surface area (Å²) < 4.78 is 4.61. The molecule has 0 aliphatic carbocycles. The molecule has 1 aromatic rings. The topological polar surface area (TPSA) is 26.3 Å². The molecule has 13 heavy (non-hydrogen) atoms. The number of rotatable bonds is 2. The molecule has 3 heteroatoms. The van der Waals surface area contributed by atoms with Crippen LogP contribution >= 0.6 is 0 Å². The molecule has 0 heterocycles. The second-order valence-corrected chi connectivity index (χ2v) is 5.65. The lowest BCUT2D eigenvalue weighted by Crippen LogP contribution is -2.22. The van der Waals surface area contributed by atoms with E-state index in [9.17, 15) is 4.79 Å². The third-order valence-electron chi connectivity index (χ3n) is 1.88. The van der Waals surface area contributed by atoms with Crippen LogP contribution in [0, 0.1) is 0 Å². The van der Waals surface area contributed by atoms with Gasteiger partial charge < -0.3 is 4.74 Å². The Kier molecular flexibility index (Phi) is 3.25. The maximum atomic E-state index is 11.1. The van der Waals surface area contributed by atoms with Gasteiger partial charge in [0.15, 0.2) is 0 Å². The Morgan fingerprint density at radius 2 is 1.77 bits per heavy atom. The zero-order valence-electron chi connectivity index (χ0n) is 8.13. The number of hydrogen-bond acceptors (Lipinski definition) is 2. The molecule has 0 saturated heterocycles. The predicted octanol–water partition coefficient (Wildman–Crippen LogP) is 1.43. The van der Waals surface area contributed by atoms with Gasteiger partial charge in [0, 0.05) is 0 Å². The number of carbonyl (C=O) groups excluding carboxylic acids is 1. The average Bonchev–Trinajstić information content (AvgIpc) is 2.17. The standard InChI is InChI=1S/C10H13O2Si/c1-12-10(11)8-4-6-9(7-5-8)13(2)3/h4-7H,1-3H3. The van der Waals surface area contributed by atoms with Gasteiger partial charge in [0.2, 0.25) is 0 Å². The number of hydrogen-bond donors (Lipinski definition) is 0. The first kappa shape index (κ1) is 9.99. The molecule has 0 N–H and O–H groups in total. The van der Waals surface area contributed by atoms with E-state index in [-0.39, 0.29) is 5.97 Å². The largest absolute Gasteiger partial charge is 0.465 e. The summed E-state index contributed by atoms with van der Waals surface area (Å²) >= 11 is 0. The van der Waals surface area contributed by atoms with Gasteiger partial charge in [0.25, 0.3) is 0 Å². The Morgan fingerprint density at radius 1 is 1.23 bits per heavy atom. The molecule has 0 unspecified atom stereocenters. The highest BCUT2D eigenvalue weighted by Crippen LogP contribution is 1.99. The SMILES string of the molecule is COC(=O)c1ccc([Si](C)C)cc1. The molecule has 0 saturated carbocycles. The van der Waals surface area contributed by atoms with Crippen molar-refractivity contribution in [3.63, 3.8) is 0 Å². The van der Waals surface area contributed by atoms with Crippen molar-refractivity contribution in [1.82, 2.24) is 0 Å². The zero-order valence-corrected chi connectivity index (χ0v) is 9.13. The van der Waals surface area contributed by atoms with Crippen LogP contribution in [0.5, 0.6) is 0 Å². The van der Waals surface area contributed by atoms with Crippen LogP contribution in [-0.4, -0.2) is 21.9 Å². The summed E-state index contributed by atoms with van der Waals surface area (Å²) in [6, 6.07) is 7.64. The second-order valence-electron chi connectivity index (χ2n) is 3.07. The van der Waals surface area contributed by atoms with Gasteiger partial charge in [-0.1, -0.05) is 30.4 Å². The second kappa shape index (κ2) is 4.23. The first-order valence-electron chi connectivity index (χ1n) is 4.14. The number of ether oxygens (including phenoxy) is 1. The van der Waals surface area contributed by atoms with Crippen molar-refractivity contribution >= 4 is 20.0 Å². The smallest absolute Gasteiger partial charge is 0.337 e. The van der Waals surface area contributed by atoms with E-state index in [2.05, 4.69) is 17.8 Å². The van der Waals surface area contributed by atoms with E-state index in [1.807, 2.05) is 24.3 Å². The maximum absolute atomic E-state index is 11.1. The highest BCUT2D eigenvalue weighted by atomic mass is 28.3. The lowest BCUT2D eigenvalue weighted by molar-refractivity contribution is 0.0601. The summed E-state index contributed by atoms with van der Waals surface area (Å²) in [6.07, 6.45) is 0. The van der Waals surface area contributed by atoms with Crippen molar-refractivity contribution in [2.24, 2.45) is 0 Å². The van der Waals surface area contributed by atoms with Gasteiger partial charge in [-0.2, -0.15) is 0 Å². The molecule has 1 aromatic carbocycles. The quantitative estimate of drug-likeness (QED) is 0.525. The van der Waals surface area contributed by atoms with Crippen molar-refractivity contribution in [3.05, 3.63) is 29.8 Å². The molecule has 0 aromatic heterocycles. The van der Waals surface area contributed by atoms with E-state index in [1.165, 1.54) is 12.3 Å². The first-order chi connectivity index (χ1) is 6.15. The minimum absolute atomic E-state index is 0.271. The Balaban J connectivity index is 2.87. The highest BCUT2D eigenvalue weighted by molar-refractivity contribution is 6.70. The molecule has 0 fully saturated rings. The van der Waals surface area contributed by atoms with E-state index in [0.29, 0.717) is 5.56 Å². The summed E-state index contributed by atoms with van der Waals surface area (Å²) in [4.78, 5) is 11.1. The molecule has 0 bridgehead atoms. The molecule has 69 valence electrons. The van der Waals surface area contributed by atoms with Gasteiger partial charge in [0.1, 0.15) is 0 Å². The fourth-order valence-electron chi connectivity index (χ4n) is 1.06. The average molecular weight is 193 g/mol. The fraction of sp³-hybridized carbons (Fsp3) is 0.300. The van der Waals surface area contributed by atoms with E-state index in [1.54, 1.807) is 0 Å². The fourth-order valence-corrected chi connectivity index (χ4v) is 1.89. The Hall–Kier alpha value is -1.09. The lowest BCUT2D eigenvalue weighted by Gasteiger charge is -2.04.